The first kappa shape index (κ1) is 15.6. The van der Waals surface area contributed by atoms with Gasteiger partial charge < -0.3 is 9.15 Å². The van der Waals surface area contributed by atoms with Crippen LogP contribution in [0.3, 0.4) is 0 Å². The summed E-state index contributed by atoms with van der Waals surface area (Å²) in [7, 11) is 0. The van der Waals surface area contributed by atoms with Crippen molar-refractivity contribution in [1.82, 2.24) is 0 Å². The summed E-state index contributed by atoms with van der Waals surface area (Å²) in [5.41, 5.74) is 1.04. The van der Waals surface area contributed by atoms with E-state index < -0.39 is 0 Å². The molecule has 0 fully saturated rings. The Balaban J connectivity index is 1.64. The van der Waals surface area contributed by atoms with Crippen molar-refractivity contribution in [1.29, 1.82) is 0 Å². The van der Waals surface area contributed by atoms with Gasteiger partial charge in [0.15, 0.2) is 0 Å². The van der Waals surface area contributed by atoms with Crippen LogP contribution >= 0.6 is 0 Å². The first-order valence-electron chi connectivity index (χ1n) is 8.85. The van der Waals surface area contributed by atoms with E-state index in [4.69, 9.17) is 9.15 Å². The van der Waals surface area contributed by atoms with Crippen molar-refractivity contribution in [3.63, 3.8) is 0 Å². The fraction of sp³-hybridized carbons (Fsp3) is 0.0417. The summed E-state index contributed by atoms with van der Waals surface area (Å²) < 4.78 is 11.6. The van der Waals surface area contributed by atoms with Gasteiger partial charge in [0.2, 0.25) is 0 Å². The molecule has 0 N–H and O–H groups in total. The van der Waals surface area contributed by atoms with Gasteiger partial charge in [-0.2, -0.15) is 0 Å². The minimum atomic E-state index is -0.366. The van der Waals surface area contributed by atoms with Crippen LogP contribution in [-0.2, 0) is 6.61 Å². The highest BCUT2D eigenvalue weighted by molar-refractivity contribution is 6.07. The molecule has 4 aromatic carbocycles. The van der Waals surface area contributed by atoms with Gasteiger partial charge in [-0.3, -0.25) is 0 Å². The van der Waals surface area contributed by atoms with Crippen molar-refractivity contribution >= 4 is 32.5 Å². The molecule has 3 nitrogen and oxygen atoms in total. The van der Waals surface area contributed by atoms with E-state index in [0.29, 0.717) is 12.2 Å². The van der Waals surface area contributed by atoms with Gasteiger partial charge in [-0.05, 0) is 28.3 Å². The molecule has 0 spiro atoms. The summed E-state index contributed by atoms with van der Waals surface area (Å²) in [6.07, 6.45) is 0. The number of benzene rings is 4. The largest absolute Gasteiger partial charge is 0.488 e. The molecule has 0 atom stereocenters. The zero-order valence-corrected chi connectivity index (χ0v) is 14.5. The Hall–Kier alpha value is -3.59. The van der Waals surface area contributed by atoms with Gasteiger partial charge >= 0.3 is 5.63 Å². The van der Waals surface area contributed by atoms with E-state index >= 15 is 0 Å². The summed E-state index contributed by atoms with van der Waals surface area (Å²) >= 11 is 0. The highest BCUT2D eigenvalue weighted by Crippen LogP contribution is 2.30. The minimum absolute atomic E-state index is 0.296. The molecule has 0 saturated heterocycles. The highest BCUT2D eigenvalue weighted by Gasteiger charge is 2.11. The predicted octanol–water partition coefficient (Wildman–Crippen LogP) is 5.68. The fourth-order valence-electron chi connectivity index (χ4n) is 3.61. The van der Waals surface area contributed by atoms with Gasteiger partial charge in [0.25, 0.3) is 0 Å². The number of rotatable bonds is 3. The lowest BCUT2D eigenvalue weighted by Crippen LogP contribution is -2.04. The molecule has 0 radical (unpaired) electrons. The molecule has 0 aliphatic rings. The van der Waals surface area contributed by atoms with Gasteiger partial charge in [0.05, 0.1) is 0 Å². The SMILES string of the molecule is O=c1cc(COc2cccc3ccccc23)c2c(ccc3ccccc32)o1. The second-order valence-corrected chi connectivity index (χ2v) is 6.52. The lowest BCUT2D eigenvalue weighted by molar-refractivity contribution is 0.310. The van der Waals surface area contributed by atoms with Crippen LogP contribution in [0, 0.1) is 0 Å². The van der Waals surface area contributed by atoms with Crippen molar-refractivity contribution in [3.05, 3.63) is 101 Å². The molecule has 1 aromatic heterocycles. The molecule has 0 unspecified atom stereocenters. The van der Waals surface area contributed by atoms with Gasteiger partial charge in [-0.15, -0.1) is 0 Å². The normalized spacial score (nSPS) is 11.3. The van der Waals surface area contributed by atoms with Crippen molar-refractivity contribution in [2.45, 2.75) is 6.61 Å². The van der Waals surface area contributed by atoms with E-state index in [9.17, 15) is 4.79 Å². The molecule has 5 rings (SSSR count). The van der Waals surface area contributed by atoms with Crippen LogP contribution in [0.2, 0.25) is 0 Å². The van der Waals surface area contributed by atoms with Crippen LogP contribution in [0.4, 0.5) is 0 Å². The highest BCUT2D eigenvalue weighted by atomic mass is 16.5. The second kappa shape index (κ2) is 6.29. The quantitative estimate of drug-likeness (QED) is 0.310. The number of hydrogen-bond acceptors (Lipinski definition) is 3. The minimum Gasteiger partial charge on any atom is -0.488 e. The van der Waals surface area contributed by atoms with Crippen molar-refractivity contribution in [3.8, 4) is 5.75 Å². The maximum Gasteiger partial charge on any atom is 0.336 e. The third kappa shape index (κ3) is 2.74. The Morgan fingerprint density at radius 2 is 1.44 bits per heavy atom. The van der Waals surface area contributed by atoms with Crippen molar-refractivity contribution in [2.75, 3.05) is 0 Å². The third-order valence-electron chi connectivity index (χ3n) is 4.85. The summed E-state index contributed by atoms with van der Waals surface area (Å²) in [6.45, 7) is 0.296. The van der Waals surface area contributed by atoms with E-state index in [-0.39, 0.29) is 5.63 Å². The molecule has 0 amide bonds. The third-order valence-corrected chi connectivity index (χ3v) is 4.85. The standard InChI is InChI=1S/C24H16O3/c25-23-14-18(15-26-21-11-5-8-16-6-1-3-9-19(16)21)24-20-10-4-2-7-17(20)12-13-22(24)27-23/h1-14H,15H2. The first-order chi connectivity index (χ1) is 13.3. The second-order valence-electron chi connectivity index (χ2n) is 6.52. The Labute approximate surface area is 155 Å². The average Bonchev–Trinajstić information content (AvgIpc) is 2.71. The Bertz CT molecular complexity index is 1340. The number of hydrogen-bond donors (Lipinski definition) is 0. The predicted molar refractivity (Wildman–Crippen MR) is 108 cm³/mol. The molecule has 3 heteroatoms. The molecule has 0 aliphatic carbocycles. The smallest absolute Gasteiger partial charge is 0.336 e. The van der Waals surface area contributed by atoms with Gasteiger partial charge in [0.1, 0.15) is 17.9 Å². The summed E-state index contributed by atoms with van der Waals surface area (Å²) in [5, 5.41) is 5.25. The van der Waals surface area contributed by atoms with E-state index in [1.54, 1.807) is 0 Å². The fourth-order valence-corrected chi connectivity index (χ4v) is 3.61. The molecule has 0 aliphatic heterocycles. The summed E-state index contributed by atoms with van der Waals surface area (Å²) in [6, 6.07) is 27.5. The first-order valence-corrected chi connectivity index (χ1v) is 8.85. The topological polar surface area (TPSA) is 39.4 Å². The lowest BCUT2D eigenvalue weighted by Gasteiger charge is -2.12. The molecule has 5 aromatic rings. The number of fused-ring (bicyclic) bond motifs is 4. The van der Waals surface area contributed by atoms with Crippen LogP contribution in [0.1, 0.15) is 5.56 Å². The van der Waals surface area contributed by atoms with Crippen LogP contribution in [0.25, 0.3) is 32.5 Å². The average molecular weight is 352 g/mol. The van der Waals surface area contributed by atoms with E-state index in [0.717, 1.165) is 38.2 Å². The Kier molecular flexibility index (Phi) is 3.65. The zero-order chi connectivity index (χ0) is 18.2. The Morgan fingerprint density at radius 3 is 2.30 bits per heavy atom. The van der Waals surface area contributed by atoms with Crippen molar-refractivity contribution < 1.29 is 9.15 Å². The van der Waals surface area contributed by atoms with Crippen LogP contribution in [-0.4, -0.2) is 0 Å². The molecular weight excluding hydrogens is 336 g/mol. The zero-order valence-electron chi connectivity index (χ0n) is 14.5. The van der Waals surface area contributed by atoms with E-state index in [1.165, 1.54) is 6.07 Å². The number of ether oxygens (including phenoxy) is 1. The van der Waals surface area contributed by atoms with Gasteiger partial charge in [-0.1, -0.05) is 66.7 Å². The van der Waals surface area contributed by atoms with E-state index in [1.807, 2.05) is 60.7 Å². The lowest BCUT2D eigenvalue weighted by atomic mass is 10.0. The van der Waals surface area contributed by atoms with Gasteiger partial charge in [0, 0.05) is 22.4 Å². The maximum absolute atomic E-state index is 12.0. The van der Waals surface area contributed by atoms with Crippen LogP contribution in [0.15, 0.2) is 94.1 Å². The maximum atomic E-state index is 12.0. The van der Waals surface area contributed by atoms with Crippen LogP contribution in [0.5, 0.6) is 5.75 Å². The summed E-state index contributed by atoms with van der Waals surface area (Å²) in [4.78, 5) is 12.0. The molecule has 0 bridgehead atoms. The molecule has 27 heavy (non-hydrogen) atoms. The molecule has 130 valence electrons. The molecular formula is C24H16O3. The van der Waals surface area contributed by atoms with E-state index in [2.05, 4.69) is 18.2 Å². The van der Waals surface area contributed by atoms with Crippen LogP contribution < -0.4 is 10.4 Å². The molecule has 0 saturated carbocycles. The van der Waals surface area contributed by atoms with Crippen molar-refractivity contribution in [2.24, 2.45) is 0 Å². The van der Waals surface area contributed by atoms with Gasteiger partial charge in [-0.25, -0.2) is 4.79 Å². The Morgan fingerprint density at radius 1 is 0.741 bits per heavy atom. The monoisotopic (exact) mass is 352 g/mol. The molecule has 1 heterocycles. The summed E-state index contributed by atoms with van der Waals surface area (Å²) in [5.74, 6) is 0.801.